The molecular formula is C18H28N6O. The lowest BCUT2D eigenvalue weighted by molar-refractivity contribution is 0.0268. The van der Waals surface area contributed by atoms with Crippen molar-refractivity contribution < 1.29 is 4.74 Å². The summed E-state index contributed by atoms with van der Waals surface area (Å²) in [4.78, 5) is 8.63. The minimum absolute atomic E-state index is 0.242. The Bertz CT molecular complexity index is 666. The van der Waals surface area contributed by atoms with E-state index < -0.39 is 0 Å². The maximum Gasteiger partial charge on any atom is 0.191 e. The van der Waals surface area contributed by atoms with Gasteiger partial charge in [0.25, 0.3) is 0 Å². The maximum atomic E-state index is 5.44. The number of nitrogens with one attached hydrogen (secondary N) is 2. The highest BCUT2D eigenvalue weighted by Crippen LogP contribution is 2.08. The highest BCUT2D eigenvalue weighted by atomic mass is 16.5. The molecule has 7 nitrogen and oxygen atoms in total. The van der Waals surface area contributed by atoms with Crippen molar-refractivity contribution in [3.63, 3.8) is 0 Å². The van der Waals surface area contributed by atoms with Crippen LogP contribution in [0.25, 0.3) is 0 Å². The summed E-state index contributed by atoms with van der Waals surface area (Å²) in [6, 6.07) is 8.36. The molecule has 1 aromatic carbocycles. The number of nitrogens with zero attached hydrogens (tertiary/aromatic N) is 4. The second-order valence-electron chi connectivity index (χ2n) is 6.43. The Morgan fingerprint density at radius 3 is 2.76 bits per heavy atom. The number of aromatic nitrogens is 3. The molecule has 0 aliphatic rings. The largest absolute Gasteiger partial charge is 0.377 e. The molecule has 2 aromatic rings. The van der Waals surface area contributed by atoms with Gasteiger partial charge < -0.3 is 15.4 Å². The predicted molar refractivity (Wildman–Crippen MR) is 99.5 cm³/mol. The number of ether oxygens (including phenoxy) is 1. The smallest absolute Gasteiger partial charge is 0.191 e. The monoisotopic (exact) mass is 344 g/mol. The van der Waals surface area contributed by atoms with Gasteiger partial charge in [-0.1, -0.05) is 24.3 Å². The average Bonchev–Trinajstić information content (AvgIpc) is 3.11. The van der Waals surface area contributed by atoms with Gasteiger partial charge in [-0.15, -0.1) is 0 Å². The highest BCUT2D eigenvalue weighted by Gasteiger charge is 2.16. The van der Waals surface area contributed by atoms with Crippen molar-refractivity contribution in [3.8, 4) is 0 Å². The molecule has 0 saturated heterocycles. The first kappa shape index (κ1) is 18.9. The van der Waals surface area contributed by atoms with Crippen LogP contribution in [-0.2, 0) is 17.8 Å². The standard InChI is InChI=1S/C18H28N6O/c1-5-20-17(22-12-18(2,3)25-4)21-10-15-7-6-8-16(9-15)11-24-14-19-13-23-24/h6-9,13-14H,5,10-12H2,1-4H3,(H2,20,21,22). The number of rotatable bonds is 8. The summed E-state index contributed by atoms with van der Waals surface area (Å²) in [5, 5.41) is 10.7. The lowest BCUT2D eigenvalue weighted by Gasteiger charge is -2.24. The number of hydrogen-bond donors (Lipinski definition) is 2. The van der Waals surface area contributed by atoms with Crippen LogP contribution in [0.5, 0.6) is 0 Å². The maximum absolute atomic E-state index is 5.44. The van der Waals surface area contributed by atoms with Crippen molar-refractivity contribution in [2.24, 2.45) is 4.99 Å². The van der Waals surface area contributed by atoms with Crippen LogP contribution in [0.3, 0.4) is 0 Å². The van der Waals surface area contributed by atoms with Gasteiger partial charge in [0.15, 0.2) is 5.96 Å². The van der Waals surface area contributed by atoms with Crippen LogP contribution in [0.2, 0.25) is 0 Å². The van der Waals surface area contributed by atoms with Crippen LogP contribution in [0.1, 0.15) is 31.9 Å². The highest BCUT2D eigenvalue weighted by molar-refractivity contribution is 5.79. The summed E-state index contributed by atoms with van der Waals surface area (Å²) in [5.74, 6) is 0.786. The van der Waals surface area contributed by atoms with E-state index >= 15 is 0 Å². The van der Waals surface area contributed by atoms with Crippen molar-refractivity contribution in [1.29, 1.82) is 0 Å². The Kier molecular flexibility index (Phi) is 6.94. The molecule has 7 heteroatoms. The first-order valence-electron chi connectivity index (χ1n) is 8.50. The van der Waals surface area contributed by atoms with E-state index in [9.17, 15) is 0 Å². The van der Waals surface area contributed by atoms with E-state index in [2.05, 4.69) is 50.8 Å². The number of benzene rings is 1. The fraction of sp³-hybridized carbons (Fsp3) is 0.500. The molecule has 136 valence electrons. The van der Waals surface area contributed by atoms with Crippen LogP contribution in [0.15, 0.2) is 41.9 Å². The van der Waals surface area contributed by atoms with Gasteiger partial charge in [0, 0.05) is 20.2 Å². The van der Waals surface area contributed by atoms with Crippen LogP contribution < -0.4 is 10.6 Å². The van der Waals surface area contributed by atoms with Gasteiger partial charge >= 0.3 is 0 Å². The van der Waals surface area contributed by atoms with E-state index in [4.69, 9.17) is 4.74 Å². The molecule has 0 fully saturated rings. The summed E-state index contributed by atoms with van der Waals surface area (Å²) in [6.07, 6.45) is 3.26. The van der Waals surface area contributed by atoms with Gasteiger partial charge in [-0.3, -0.25) is 0 Å². The molecular weight excluding hydrogens is 316 g/mol. The molecule has 0 aliphatic carbocycles. The zero-order valence-corrected chi connectivity index (χ0v) is 15.5. The Hall–Kier alpha value is -2.41. The van der Waals surface area contributed by atoms with Gasteiger partial charge in [-0.05, 0) is 31.9 Å². The Balaban J connectivity index is 1.99. The van der Waals surface area contributed by atoms with Crippen molar-refractivity contribution in [3.05, 3.63) is 48.0 Å². The molecule has 0 bridgehead atoms. The second-order valence-corrected chi connectivity index (χ2v) is 6.43. The average molecular weight is 344 g/mol. The van der Waals surface area contributed by atoms with Gasteiger partial charge in [0.2, 0.25) is 0 Å². The summed E-state index contributed by atoms with van der Waals surface area (Å²) < 4.78 is 7.24. The molecule has 0 aliphatic heterocycles. The summed E-state index contributed by atoms with van der Waals surface area (Å²) in [7, 11) is 1.71. The molecule has 1 heterocycles. The van der Waals surface area contributed by atoms with Gasteiger partial charge in [0.1, 0.15) is 12.7 Å². The van der Waals surface area contributed by atoms with E-state index in [1.165, 1.54) is 5.56 Å². The summed E-state index contributed by atoms with van der Waals surface area (Å²) in [6.45, 7) is 8.94. The van der Waals surface area contributed by atoms with Crippen LogP contribution in [-0.4, -0.2) is 46.5 Å². The minimum atomic E-state index is -0.242. The SMILES string of the molecule is CCNC(=NCc1cccc(Cn2cncn2)c1)NCC(C)(C)OC. The van der Waals surface area contributed by atoms with E-state index in [1.54, 1.807) is 24.4 Å². The molecule has 0 spiro atoms. The zero-order valence-electron chi connectivity index (χ0n) is 15.5. The van der Waals surface area contributed by atoms with Gasteiger partial charge in [-0.2, -0.15) is 5.10 Å². The molecule has 0 unspecified atom stereocenters. The lowest BCUT2D eigenvalue weighted by Crippen LogP contribution is -2.45. The van der Waals surface area contributed by atoms with Crippen LogP contribution in [0.4, 0.5) is 0 Å². The number of aliphatic imine (C=N–C) groups is 1. The molecule has 0 amide bonds. The van der Waals surface area contributed by atoms with Crippen molar-refractivity contribution in [1.82, 2.24) is 25.4 Å². The third-order valence-corrected chi connectivity index (χ3v) is 3.80. The van der Waals surface area contributed by atoms with E-state index in [0.717, 1.165) is 18.1 Å². The van der Waals surface area contributed by atoms with Crippen LogP contribution in [0, 0.1) is 0 Å². The first-order valence-corrected chi connectivity index (χ1v) is 8.50. The van der Waals surface area contributed by atoms with E-state index in [-0.39, 0.29) is 5.60 Å². The number of hydrogen-bond acceptors (Lipinski definition) is 4. The third-order valence-electron chi connectivity index (χ3n) is 3.80. The normalized spacial score (nSPS) is 12.2. The zero-order chi connectivity index (χ0) is 18.1. The predicted octanol–water partition coefficient (Wildman–Crippen LogP) is 1.81. The van der Waals surface area contributed by atoms with Gasteiger partial charge in [-0.25, -0.2) is 14.7 Å². The quantitative estimate of drug-likeness (QED) is 0.564. The Morgan fingerprint density at radius 1 is 1.28 bits per heavy atom. The summed E-state index contributed by atoms with van der Waals surface area (Å²) >= 11 is 0. The third kappa shape index (κ3) is 6.54. The second kappa shape index (κ2) is 9.17. The molecule has 0 radical (unpaired) electrons. The first-order chi connectivity index (χ1) is 12.0. The fourth-order valence-electron chi connectivity index (χ4n) is 2.21. The van der Waals surface area contributed by atoms with Crippen molar-refractivity contribution in [2.45, 2.75) is 39.5 Å². The lowest BCUT2D eigenvalue weighted by atomic mass is 10.1. The number of methoxy groups -OCH3 is 1. The fourth-order valence-corrected chi connectivity index (χ4v) is 2.21. The molecule has 1 aromatic heterocycles. The molecule has 0 saturated carbocycles. The van der Waals surface area contributed by atoms with Crippen molar-refractivity contribution in [2.75, 3.05) is 20.2 Å². The van der Waals surface area contributed by atoms with Gasteiger partial charge in [0.05, 0.1) is 18.7 Å². The number of guanidine groups is 1. The van der Waals surface area contributed by atoms with E-state index in [1.807, 2.05) is 19.9 Å². The van der Waals surface area contributed by atoms with Crippen LogP contribution >= 0.6 is 0 Å². The van der Waals surface area contributed by atoms with Crippen molar-refractivity contribution >= 4 is 5.96 Å². The topological polar surface area (TPSA) is 76.4 Å². The molecule has 25 heavy (non-hydrogen) atoms. The summed E-state index contributed by atoms with van der Waals surface area (Å²) in [5.41, 5.74) is 2.09. The molecule has 0 atom stereocenters. The molecule has 2 rings (SSSR count). The molecule has 2 N–H and O–H groups in total. The Labute approximate surface area is 149 Å². The minimum Gasteiger partial charge on any atom is -0.377 e. The Morgan fingerprint density at radius 2 is 2.08 bits per heavy atom. The van der Waals surface area contributed by atoms with E-state index in [0.29, 0.717) is 19.6 Å².